The van der Waals surface area contributed by atoms with Crippen LogP contribution >= 0.6 is 0 Å². The molecule has 2 heterocycles. The van der Waals surface area contributed by atoms with Crippen molar-refractivity contribution < 1.29 is 40.2 Å². The molecule has 0 bridgehead atoms. The molecule has 0 N–H and O–H groups in total. The minimum absolute atomic E-state index is 0. The first-order valence-electron chi connectivity index (χ1n) is 20.5. The van der Waals surface area contributed by atoms with Gasteiger partial charge in [-0.05, 0) is 90.5 Å². The van der Waals surface area contributed by atoms with E-state index in [1.807, 2.05) is 6.20 Å². The normalized spacial score (nSPS) is 13.2. The van der Waals surface area contributed by atoms with Crippen LogP contribution in [0.2, 0.25) is 0 Å². The monoisotopic (exact) mass is 1150 g/mol. The van der Waals surface area contributed by atoms with Gasteiger partial charge in [0.15, 0.2) is 0 Å². The number of pyridine rings is 1. The van der Waals surface area contributed by atoms with Crippen molar-refractivity contribution in [2.24, 2.45) is 0 Å². The number of aromatic nitrogens is 1. The average molecular weight is 1150 g/mol. The van der Waals surface area contributed by atoms with Crippen molar-refractivity contribution in [2.45, 2.75) is 60.0 Å². The van der Waals surface area contributed by atoms with E-state index < -0.39 is 0 Å². The molecule has 0 aliphatic carbocycles. The van der Waals surface area contributed by atoms with Crippen LogP contribution in [-0.4, -0.2) is 4.98 Å². The van der Waals surface area contributed by atoms with E-state index >= 15 is 0 Å². The van der Waals surface area contributed by atoms with Crippen LogP contribution in [0.15, 0.2) is 158 Å². The van der Waals surface area contributed by atoms with Gasteiger partial charge in [0.2, 0.25) is 0 Å². The number of hydrogen-bond donors (Lipinski definition) is 0. The molecule has 1 unspecified atom stereocenters. The fraction of sp³-hybridized carbons (Fsp3) is 0.161. The summed E-state index contributed by atoms with van der Waals surface area (Å²) in [5.74, 6) is 0. The van der Waals surface area contributed by atoms with Gasteiger partial charge in [-0.1, -0.05) is 163 Å². The molecule has 1 atom stereocenters. The SMILES string of the molecule is Cc1cc(C)cc(-c2c(-c3c[c-]c(C4[N-]c5ccccc5N4c4c(C)cccc4C)cc3)cccc2-c2c[c-]c(-c3cc(C(C)(C)C)ccn3)cc2-c2ccccc2)c1.[Ir].[Ir]. The maximum absolute atomic E-state index is 5.27. The molecule has 0 saturated heterocycles. The zero-order chi connectivity index (χ0) is 40.8. The number of rotatable bonds is 7. The second-order valence-corrected chi connectivity index (χ2v) is 17.0. The molecular weight excluding hydrogens is 1100 g/mol. The van der Waals surface area contributed by atoms with Crippen molar-refractivity contribution in [3.8, 4) is 55.8 Å². The van der Waals surface area contributed by atoms with Gasteiger partial charge in [-0.3, -0.25) is 0 Å². The molecule has 2 radical (unpaired) electrons. The fourth-order valence-electron chi connectivity index (χ4n) is 8.71. The summed E-state index contributed by atoms with van der Waals surface area (Å²) in [4.78, 5) is 7.21. The number of fused-ring (bicyclic) bond motifs is 1. The Morgan fingerprint density at radius 3 is 1.97 bits per heavy atom. The van der Waals surface area contributed by atoms with E-state index in [1.54, 1.807) is 0 Å². The van der Waals surface area contributed by atoms with E-state index in [0.29, 0.717) is 0 Å². The van der Waals surface area contributed by atoms with Crippen LogP contribution < -0.4 is 4.90 Å². The summed E-state index contributed by atoms with van der Waals surface area (Å²) in [5.41, 5.74) is 21.6. The molecule has 61 heavy (non-hydrogen) atoms. The van der Waals surface area contributed by atoms with Crippen LogP contribution in [0.25, 0.3) is 61.1 Å². The number of nitrogens with zero attached hydrogens (tertiary/aromatic N) is 3. The first-order chi connectivity index (χ1) is 28.5. The van der Waals surface area contributed by atoms with Gasteiger partial charge in [0.1, 0.15) is 0 Å². The van der Waals surface area contributed by atoms with Crippen molar-refractivity contribution in [3.05, 3.63) is 209 Å². The molecule has 0 saturated carbocycles. The van der Waals surface area contributed by atoms with E-state index in [2.05, 4.69) is 217 Å². The summed E-state index contributed by atoms with van der Waals surface area (Å²) in [6.07, 6.45) is 1.69. The van der Waals surface area contributed by atoms with Gasteiger partial charge in [0.25, 0.3) is 0 Å². The number of hydrogen-bond acceptors (Lipinski definition) is 2. The molecule has 7 aromatic carbocycles. The first kappa shape index (κ1) is 43.7. The maximum atomic E-state index is 5.27. The third-order valence-corrected chi connectivity index (χ3v) is 11.6. The second-order valence-electron chi connectivity index (χ2n) is 17.0. The Morgan fingerprint density at radius 1 is 0.574 bits per heavy atom. The maximum Gasteiger partial charge on any atom is 0.0460 e. The molecule has 1 aromatic heterocycles. The molecule has 5 heteroatoms. The summed E-state index contributed by atoms with van der Waals surface area (Å²) in [7, 11) is 0. The second kappa shape index (κ2) is 17.9. The Morgan fingerprint density at radius 2 is 1.26 bits per heavy atom. The number of anilines is 2. The van der Waals surface area contributed by atoms with E-state index in [-0.39, 0.29) is 51.8 Å². The van der Waals surface area contributed by atoms with Crippen molar-refractivity contribution in [2.75, 3.05) is 4.90 Å². The Kier molecular flexibility index (Phi) is 12.8. The molecule has 1 aliphatic rings. The molecule has 8 aromatic rings. The van der Waals surface area contributed by atoms with Crippen LogP contribution in [-0.2, 0) is 45.6 Å². The topological polar surface area (TPSA) is 30.2 Å². The molecule has 3 nitrogen and oxygen atoms in total. The number of aryl methyl sites for hydroxylation is 4. The van der Waals surface area contributed by atoms with E-state index in [0.717, 1.165) is 61.6 Å². The van der Waals surface area contributed by atoms with Crippen LogP contribution in [0.4, 0.5) is 17.1 Å². The minimum atomic E-state index is -0.229. The molecule has 0 amide bonds. The third kappa shape index (κ3) is 8.59. The zero-order valence-electron chi connectivity index (χ0n) is 35.6. The van der Waals surface area contributed by atoms with E-state index in [9.17, 15) is 0 Å². The van der Waals surface area contributed by atoms with Crippen molar-refractivity contribution in [1.82, 2.24) is 4.98 Å². The summed E-state index contributed by atoms with van der Waals surface area (Å²) in [6, 6.07) is 62.0. The van der Waals surface area contributed by atoms with Gasteiger partial charge in [-0.15, -0.1) is 35.0 Å². The fourth-order valence-corrected chi connectivity index (χ4v) is 8.71. The minimum Gasteiger partial charge on any atom is -0.661 e. The van der Waals surface area contributed by atoms with Crippen LogP contribution in [0.3, 0.4) is 0 Å². The molecule has 1 aliphatic heterocycles. The summed E-state index contributed by atoms with van der Waals surface area (Å²) < 4.78 is 0. The Labute approximate surface area is 389 Å². The van der Waals surface area contributed by atoms with Crippen LogP contribution in [0.1, 0.15) is 60.3 Å². The largest absolute Gasteiger partial charge is 0.661 e. The van der Waals surface area contributed by atoms with Crippen LogP contribution in [0, 0.1) is 39.8 Å². The van der Waals surface area contributed by atoms with Crippen molar-refractivity contribution in [3.63, 3.8) is 0 Å². The summed E-state index contributed by atoms with van der Waals surface area (Å²) in [5, 5.41) is 5.27. The first-order valence-corrected chi connectivity index (χ1v) is 20.5. The predicted octanol–water partition coefficient (Wildman–Crippen LogP) is 15.4. The van der Waals surface area contributed by atoms with Crippen molar-refractivity contribution >= 4 is 17.1 Å². The standard InChI is InChI=1S/C56H48N3.2Ir/c1-36-31-37(2)33-44(32-36)53-46(41-23-25-42(26-24-41)55-58-50-21-11-12-22-52(50)59(55)54-38(3)15-13-16-39(54)4)19-14-20-48(53)47-28-27-43(34-49(47)40-17-9-8-10-18-40)51-35-45(29-30-57-51)56(5,6)7;;/h8-25,28-35,55H,1-7H3;;/q-3;;. The molecule has 308 valence electrons. The average Bonchev–Trinajstić information content (AvgIpc) is 3.62. The smallest absolute Gasteiger partial charge is 0.0460 e. The predicted molar refractivity (Wildman–Crippen MR) is 248 cm³/mol. The van der Waals surface area contributed by atoms with Gasteiger partial charge in [-0.25, -0.2) is 0 Å². The van der Waals surface area contributed by atoms with Gasteiger partial charge < -0.3 is 15.2 Å². The van der Waals surface area contributed by atoms with Gasteiger partial charge >= 0.3 is 0 Å². The third-order valence-electron chi connectivity index (χ3n) is 11.6. The Hall–Kier alpha value is -5.41. The Bertz CT molecular complexity index is 2800. The van der Waals surface area contributed by atoms with Gasteiger partial charge in [0.05, 0.1) is 0 Å². The van der Waals surface area contributed by atoms with E-state index in [4.69, 9.17) is 10.3 Å². The van der Waals surface area contributed by atoms with Gasteiger partial charge in [-0.2, -0.15) is 29.8 Å². The van der Waals surface area contributed by atoms with Gasteiger partial charge in [0, 0.05) is 57.8 Å². The molecular formula is C56H48Ir2N3-3. The van der Waals surface area contributed by atoms with Crippen molar-refractivity contribution in [1.29, 1.82) is 0 Å². The Balaban J connectivity index is 0.00000281. The summed E-state index contributed by atoms with van der Waals surface area (Å²) >= 11 is 0. The quantitative estimate of drug-likeness (QED) is 0.149. The molecule has 0 spiro atoms. The summed E-state index contributed by atoms with van der Waals surface area (Å²) in [6.45, 7) is 15.5. The van der Waals surface area contributed by atoms with Crippen LogP contribution in [0.5, 0.6) is 0 Å². The molecule has 9 rings (SSSR count). The number of para-hydroxylation sites is 3. The zero-order valence-corrected chi connectivity index (χ0v) is 40.4. The number of benzene rings is 7. The molecule has 0 fully saturated rings. The van der Waals surface area contributed by atoms with E-state index in [1.165, 1.54) is 44.6 Å².